The van der Waals surface area contributed by atoms with Gasteiger partial charge in [0.2, 0.25) is 0 Å². The van der Waals surface area contributed by atoms with Crippen molar-refractivity contribution in [2.45, 2.75) is 35.5 Å². The largest absolute Gasteiger partial charge is 0.0622 e. The number of hydrogen-bond donors (Lipinski definition) is 0. The lowest BCUT2D eigenvalue weighted by Gasteiger charge is -2.66. The fourth-order valence-electron chi connectivity index (χ4n) is 7.60. The molecule has 0 saturated heterocycles. The van der Waals surface area contributed by atoms with Gasteiger partial charge in [-0.2, -0.15) is 0 Å². The van der Waals surface area contributed by atoms with E-state index in [1.165, 1.54) is 11.1 Å². The van der Waals surface area contributed by atoms with Gasteiger partial charge >= 0.3 is 0 Å². The highest BCUT2D eigenvalue weighted by molar-refractivity contribution is 5.67. The summed E-state index contributed by atoms with van der Waals surface area (Å²) in [5, 5.41) is 0. The molecule has 0 unspecified atom stereocenters. The van der Waals surface area contributed by atoms with E-state index < -0.39 is 0 Å². The molecule has 0 bridgehead atoms. The van der Waals surface area contributed by atoms with Gasteiger partial charge in [0.25, 0.3) is 0 Å². The van der Waals surface area contributed by atoms with Crippen LogP contribution in [0.3, 0.4) is 0 Å². The average molecular weight is 385 g/mol. The van der Waals surface area contributed by atoms with Crippen molar-refractivity contribution in [1.29, 1.82) is 0 Å². The summed E-state index contributed by atoms with van der Waals surface area (Å²) in [7, 11) is 0. The Morgan fingerprint density at radius 2 is 0.800 bits per heavy atom. The van der Waals surface area contributed by atoms with Crippen LogP contribution in [0, 0.1) is 0 Å². The first-order valence-electron chi connectivity index (χ1n) is 11.1. The number of rotatable bonds is 2. The van der Waals surface area contributed by atoms with Gasteiger partial charge in [-0.1, -0.05) is 109 Å². The summed E-state index contributed by atoms with van der Waals surface area (Å²) in [4.78, 5) is 0. The molecule has 0 aliphatic heterocycles. The highest BCUT2D eigenvalue weighted by atomic mass is 14.8. The number of hydrogen-bond acceptors (Lipinski definition) is 0. The summed E-state index contributed by atoms with van der Waals surface area (Å²) < 4.78 is 0. The van der Waals surface area contributed by atoms with Crippen LogP contribution in [0.2, 0.25) is 0 Å². The second-order valence-corrected chi connectivity index (χ2v) is 9.38. The summed E-state index contributed by atoms with van der Waals surface area (Å²) in [5.41, 5.74) is 9.51. The Morgan fingerprint density at radius 3 is 1.23 bits per heavy atom. The standard InChI is InChI=1S/C30H24/c1-3-13-23(14-4-1)29-19-21-11-7-9-17-25(21)27(29)28-26-18-10-8-12-22(26)20-30(28,29)24-15-5-2-6-16-24/h1-18,27-28H,19-20H2/t27-,28+,29+,30-. The maximum Gasteiger partial charge on any atom is 0.0174 e. The first kappa shape index (κ1) is 16.7. The van der Waals surface area contributed by atoms with Crippen LogP contribution in [-0.4, -0.2) is 0 Å². The van der Waals surface area contributed by atoms with Gasteiger partial charge in [-0.3, -0.25) is 0 Å². The first-order chi connectivity index (χ1) is 14.9. The van der Waals surface area contributed by atoms with Crippen LogP contribution in [0.5, 0.6) is 0 Å². The summed E-state index contributed by atoms with van der Waals surface area (Å²) in [6.07, 6.45) is 2.27. The van der Waals surface area contributed by atoms with Crippen LogP contribution in [0.1, 0.15) is 45.2 Å². The van der Waals surface area contributed by atoms with E-state index in [9.17, 15) is 0 Å². The van der Waals surface area contributed by atoms with Crippen LogP contribution in [-0.2, 0) is 23.7 Å². The van der Waals surface area contributed by atoms with E-state index in [1.807, 2.05) is 0 Å². The molecule has 0 amide bonds. The van der Waals surface area contributed by atoms with Gasteiger partial charge in [-0.25, -0.2) is 0 Å². The Hall–Kier alpha value is -3.12. The lowest BCUT2D eigenvalue weighted by atomic mass is 9.35. The normalized spacial score (nSPS) is 30.0. The molecule has 30 heavy (non-hydrogen) atoms. The highest BCUT2D eigenvalue weighted by Gasteiger charge is 2.77. The molecule has 3 aliphatic carbocycles. The topological polar surface area (TPSA) is 0 Å². The molecule has 144 valence electrons. The second-order valence-electron chi connectivity index (χ2n) is 9.38. The van der Waals surface area contributed by atoms with Crippen molar-refractivity contribution in [3.8, 4) is 0 Å². The quantitative estimate of drug-likeness (QED) is 0.367. The van der Waals surface area contributed by atoms with E-state index >= 15 is 0 Å². The van der Waals surface area contributed by atoms with E-state index in [4.69, 9.17) is 0 Å². The predicted octanol–water partition coefficient (Wildman–Crippen LogP) is 6.56. The van der Waals surface area contributed by atoms with Crippen molar-refractivity contribution in [1.82, 2.24) is 0 Å². The molecule has 1 saturated carbocycles. The molecule has 4 aromatic rings. The van der Waals surface area contributed by atoms with Gasteiger partial charge in [0.1, 0.15) is 0 Å². The van der Waals surface area contributed by atoms with Crippen molar-refractivity contribution in [3.05, 3.63) is 143 Å². The zero-order valence-electron chi connectivity index (χ0n) is 17.0. The van der Waals surface area contributed by atoms with Crippen molar-refractivity contribution >= 4 is 0 Å². The predicted molar refractivity (Wildman–Crippen MR) is 122 cm³/mol. The van der Waals surface area contributed by atoms with E-state index in [2.05, 4.69) is 109 Å². The van der Waals surface area contributed by atoms with E-state index in [-0.39, 0.29) is 10.8 Å². The fourth-order valence-corrected chi connectivity index (χ4v) is 7.60. The SMILES string of the molecule is c1ccc([C@@]23Cc4ccccc4[C@@H]2[C@@H]2c4ccccc4C[C@@]23c2ccccc2)cc1. The molecule has 4 aromatic carbocycles. The highest BCUT2D eigenvalue weighted by Crippen LogP contribution is 2.80. The zero-order valence-corrected chi connectivity index (χ0v) is 17.0. The molecular formula is C30H24. The van der Waals surface area contributed by atoms with E-state index in [1.54, 1.807) is 22.3 Å². The third-order valence-electron chi connectivity index (χ3n) is 8.49. The molecule has 3 aliphatic rings. The number of fused-ring (bicyclic) bond motifs is 8. The van der Waals surface area contributed by atoms with Crippen molar-refractivity contribution in [2.24, 2.45) is 0 Å². The number of benzene rings is 4. The van der Waals surface area contributed by atoms with Gasteiger partial charge < -0.3 is 0 Å². The maximum atomic E-state index is 2.40. The molecule has 1 fully saturated rings. The molecule has 7 rings (SSSR count). The molecule has 0 aromatic heterocycles. The van der Waals surface area contributed by atoms with E-state index in [0.29, 0.717) is 11.8 Å². The molecular weight excluding hydrogens is 360 g/mol. The minimum absolute atomic E-state index is 0.114. The van der Waals surface area contributed by atoms with Gasteiger partial charge in [-0.05, 0) is 46.2 Å². The lowest BCUT2D eigenvalue weighted by Crippen LogP contribution is -2.66. The maximum absolute atomic E-state index is 2.40. The minimum atomic E-state index is 0.114. The summed E-state index contributed by atoms with van der Waals surface area (Å²) in [6.45, 7) is 0. The average Bonchev–Trinajstić information content (AvgIpc) is 3.28. The molecule has 0 N–H and O–H groups in total. The molecule has 4 atom stereocenters. The Morgan fingerprint density at radius 1 is 0.433 bits per heavy atom. The van der Waals surface area contributed by atoms with Crippen molar-refractivity contribution < 1.29 is 0 Å². The fraction of sp³-hybridized carbons (Fsp3) is 0.200. The Kier molecular flexibility index (Phi) is 3.18. The van der Waals surface area contributed by atoms with Crippen LogP contribution in [0.4, 0.5) is 0 Å². The third kappa shape index (κ3) is 1.76. The van der Waals surface area contributed by atoms with Crippen LogP contribution in [0.15, 0.2) is 109 Å². The summed E-state index contributed by atoms with van der Waals surface area (Å²) >= 11 is 0. The lowest BCUT2D eigenvalue weighted by molar-refractivity contribution is 0.0277. The smallest absolute Gasteiger partial charge is 0.0174 e. The Balaban J connectivity index is 1.58. The monoisotopic (exact) mass is 384 g/mol. The van der Waals surface area contributed by atoms with Gasteiger partial charge in [0, 0.05) is 22.7 Å². The molecule has 0 heterocycles. The van der Waals surface area contributed by atoms with Crippen LogP contribution < -0.4 is 0 Å². The Labute approximate surface area is 178 Å². The van der Waals surface area contributed by atoms with Crippen molar-refractivity contribution in [2.75, 3.05) is 0 Å². The van der Waals surface area contributed by atoms with Crippen molar-refractivity contribution in [3.63, 3.8) is 0 Å². The minimum Gasteiger partial charge on any atom is -0.0622 e. The van der Waals surface area contributed by atoms with Crippen LogP contribution >= 0.6 is 0 Å². The van der Waals surface area contributed by atoms with Gasteiger partial charge in [0.05, 0.1) is 0 Å². The summed E-state index contributed by atoms with van der Waals surface area (Å²) in [5.74, 6) is 1.08. The van der Waals surface area contributed by atoms with Crippen LogP contribution in [0.25, 0.3) is 0 Å². The second kappa shape index (κ2) is 5.73. The summed E-state index contributed by atoms with van der Waals surface area (Å²) in [6, 6.07) is 41.3. The van der Waals surface area contributed by atoms with Gasteiger partial charge in [-0.15, -0.1) is 0 Å². The van der Waals surface area contributed by atoms with E-state index in [0.717, 1.165) is 12.8 Å². The zero-order chi connectivity index (χ0) is 19.8. The molecule has 0 heteroatoms. The Bertz CT molecular complexity index is 1150. The molecule has 0 radical (unpaired) electrons. The third-order valence-corrected chi connectivity index (χ3v) is 8.49. The molecule has 0 nitrogen and oxygen atoms in total. The first-order valence-corrected chi connectivity index (χ1v) is 11.1. The molecule has 0 spiro atoms. The van der Waals surface area contributed by atoms with Gasteiger partial charge in [0.15, 0.2) is 0 Å².